The Morgan fingerprint density at radius 3 is 2.73 bits per heavy atom. The summed E-state index contributed by atoms with van der Waals surface area (Å²) < 4.78 is 0. The molecule has 0 aromatic heterocycles. The number of likely N-dealkylation sites (tertiary alicyclic amines) is 1. The number of amides is 2. The number of nitrogens with zero attached hydrogens (tertiary/aromatic N) is 1. The molecule has 5 nitrogen and oxygen atoms in total. The van der Waals surface area contributed by atoms with Crippen LogP contribution in [0.3, 0.4) is 0 Å². The number of benzene rings is 1. The maximum absolute atomic E-state index is 12.3. The van der Waals surface area contributed by atoms with Gasteiger partial charge in [-0.2, -0.15) is 0 Å². The molecule has 22 heavy (non-hydrogen) atoms. The second kappa shape index (κ2) is 6.26. The molecule has 2 heterocycles. The normalized spacial score (nSPS) is 28.2. The molecular formula is C16H20ClN3O2. The lowest BCUT2D eigenvalue weighted by Crippen LogP contribution is -2.46. The van der Waals surface area contributed by atoms with Gasteiger partial charge < -0.3 is 15.5 Å². The zero-order valence-electron chi connectivity index (χ0n) is 12.5. The Morgan fingerprint density at radius 2 is 2.09 bits per heavy atom. The molecule has 2 aliphatic rings. The molecule has 6 heteroatoms. The number of likely N-dealkylation sites (N-methyl/N-ethyl adjacent to an activating group) is 1. The maximum Gasteiger partial charge on any atom is 0.237 e. The van der Waals surface area contributed by atoms with E-state index in [2.05, 4.69) is 10.6 Å². The van der Waals surface area contributed by atoms with Crippen LogP contribution in [0.2, 0.25) is 5.02 Å². The first-order valence-electron chi connectivity index (χ1n) is 7.61. The summed E-state index contributed by atoms with van der Waals surface area (Å²) in [5.74, 6) is 0.0363. The fourth-order valence-electron chi connectivity index (χ4n) is 3.31. The molecular weight excluding hydrogens is 302 g/mol. The Hall–Kier alpha value is -1.59. The Morgan fingerprint density at radius 1 is 1.36 bits per heavy atom. The van der Waals surface area contributed by atoms with Crippen LogP contribution in [-0.2, 0) is 9.59 Å². The first-order chi connectivity index (χ1) is 10.6. The number of rotatable bonds is 3. The number of carbonyl (C=O) groups is 2. The Kier molecular flexibility index (Phi) is 4.36. The van der Waals surface area contributed by atoms with Crippen molar-refractivity contribution in [1.82, 2.24) is 15.5 Å². The van der Waals surface area contributed by atoms with E-state index in [1.165, 1.54) is 0 Å². The summed E-state index contributed by atoms with van der Waals surface area (Å²) in [5.41, 5.74) is 0.988. The van der Waals surface area contributed by atoms with Gasteiger partial charge in [-0.1, -0.05) is 23.7 Å². The number of halogens is 1. The van der Waals surface area contributed by atoms with Gasteiger partial charge in [0.1, 0.15) is 0 Å². The highest BCUT2D eigenvalue weighted by atomic mass is 35.5. The van der Waals surface area contributed by atoms with E-state index in [1.54, 1.807) is 11.9 Å². The van der Waals surface area contributed by atoms with Crippen molar-refractivity contribution in [2.45, 2.75) is 37.4 Å². The van der Waals surface area contributed by atoms with Crippen LogP contribution in [0.1, 0.15) is 30.9 Å². The predicted molar refractivity (Wildman–Crippen MR) is 84.5 cm³/mol. The van der Waals surface area contributed by atoms with Crippen LogP contribution in [0.15, 0.2) is 24.3 Å². The lowest BCUT2D eigenvalue weighted by Gasteiger charge is -2.27. The van der Waals surface area contributed by atoms with Crippen molar-refractivity contribution >= 4 is 23.4 Å². The van der Waals surface area contributed by atoms with E-state index in [1.807, 2.05) is 24.3 Å². The first-order valence-corrected chi connectivity index (χ1v) is 7.99. The Bertz CT molecular complexity index is 569. The molecule has 3 atom stereocenters. The molecule has 2 aliphatic heterocycles. The summed E-state index contributed by atoms with van der Waals surface area (Å²) in [6.07, 6.45) is 2.21. The molecule has 0 radical (unpaired) electrons. The fourth-order valence-corrected chi connectivity index (χ4v) is 3.43. The maximum atomic E-state index is 12.3. The number of hydrogen-bond donors (Lipinski definition) is 2. The highest BCUT2D eigenvalue weighted by Gasteiger charge is 2.40. The highest BCUT2D eigenvalue weighted by molar-refractivity contribution is 6.30. The minimum atomic E-state index is -0.200. The van der Waals surface area contributed by atoms with Crippen LogP contribution in [-0.4, -0.2) is 42.4 Å². The third kappa shape index (κ3) is 2.96. The third-order valence-electron chi connectivity index (χ3n) is 4.50. The van der Waals surface area contributed by atoms with E-state index < -0.39 is 0 Å². The van der Waals surface area contributed by atoms with Crippen molar-refractivity contribution < 1.29 is 9.59 Å². The topological polar surface area (TPSA) is 61.4 Å². The van der Waals surface area contributed by atoms with Crippen molar-refractivity contribution in [3.05, 3.63) is 34.9 Å². The van der Waals surface area contributed by atoms with E-state index in [0.717, 1.165) is 24.9 Å². The number of carbonyl (C=O) groups excluding carboxylic acids is 2. The zero-order chi connectivity index (χ0) is 15.7. The van der Waals surface area contributed by atoms with Crippen LogP contribution in [0.5, 0.6) is 0 Å². The van der Waals surface area contributed by atoms with Crippen molar-refractivity contribution in [3.8, 4) is 0 Å². The molecule has 2 N–H and O–H groups in total. The lowest BCUT2D eigenvalue weighted by molar-refractivity contribution is -0.127. The van der Waals surface area contributed by atoms with E-state index in [-0.39, 0.29) is 29.9 Å². The molecule has 0 spiro atoms. The summed E-state index contributed by atoms with van der Waals surface area (Å²) in [6, 6.07) is 6.97. The molecule has 0 bridgehead atoms. The summed E-state index contributed by atoms with van der Waals surface area (Å²) >= 11 is 5.93. The van der Waals surface area contributed by atoms with Crippen LogP contribution < -0.4 is 10.6 Å². The Balaban J connectivity index is 1.77. The molecule has 2 fully saturated rings. The quantitative estimate of drug-likeness (QED) is 0.886. The highest BCUT2D eigenvalue weighted by Crippen LogP contribution is 2.32. The smallest absolute Gasteiger partial charge is 0.237 e. The van der Waals surface area contributed by atoms with E-state index in [4.69, 9.17) is 11.6 Å². The van der Waals surface area contributed by atoms with Crippen molar-refractivity contribution in [1.29, 1.82) is 0 Å². The fraction of sp³-hybridized carbons (Fsp3) is 0.500. The van der Waals surface area contributed by atoms with E-state index in [9.17, 15) is 9.59 Å². The molecule has 0 aliphatic carbocycles. The molecule has 3 rings (SSSR count). The van der Waals surface area contributed by atoms with E-state index >= 15 is 0 Å². The van der Waals surface area contributed by atoms with Crippen molar-refractivity contribution in [2.75, 3.05) is 13.6 Å². The minimum absolute atomic E-state index is 0.00966. The SMILES string of the molecule is CN1C(=O)CC(NC(=O)C2CCCN2)C1c1ccc(Cl)cc1. The molecule has 1 aromatic carbocycles. The number of hydrogen-bond acceptors (Lipinski definition) is 3. The third-order valence-corrected chi connectivity index (χ3v) is 4.75. The van der Waals surface area contributed by atoms with Gasteiger partial charge in [-0.05, 0) is 37.1 Å². The van der Waals surface area contributed by atoms with Gasteiger partial charge in [0.25, 0.3) is 0 Å². The van der Waals surface area contributed by atoms with E-state index in [0.29, 0.717) is 11.4 Å². The van der Waals surface area contributed by atoms with Gasteiger partial charge in [0.15, 0.2) is 0 Å². The van der Waals surface area contributed by atoms with Crippen molar-refractivity contribution in [3.63, 3.8) is 0 Å². The van der Waals surface area contributed by atoms with Crippen LogP contribution in [0.4, 0.5) is 0 Å². The second-order valence-corrected chi connectivity index (χ2v) is 6.41. The average Bonchev–Trinajstić information content (AvgIpc) is 3.11. The first kappa shape index (κ1) is 15.3. The minimum Gasteiger partial charge on any atom is -0.349 e. The summed E-state index contributed by atoms with van der Waals surface area (Å²) in [7, 11) is 1.78. The summed E-state index contributed by atoms with van der Waals surface area (Å²) in [5, 5.41) is 6.89. The van der Waals surface area contributed by atoms with Crippen LogP contribution in [0.25, 0.3) is 0 Å². The largest absolute Gasteiger partial charge is 0.349 e. The van der Waals surface area contributed by atoms with Gasteiger partial charge in [0.2, 0.25) is 11.8 Å². The predicted octanol–water partition coefficient (Wildman–Crippen LogP) is 1.48. The number of nitrogens with one attached hydrogen (secondary N) is 2. The average molecular weight is 322 g/mol. The molecule has 118 valence electrons. The molecule has 3 unspecified atom stereocenters. The Labute approximate surface area is 135 Å². The van der Waals surface area contributed by atoms with Gasteiger partial charge in [-0.3, -0.25) is 9.59 Å². The van der Waals surface area contributed by atoms with Gasteiger partial charge in [0, 0.05) is 18.5 Å². The van der Waals surface area contributed by atoms with Crippen molar-refractivity contribution in [2.24, 2.45) is 0 Å². The second-order valence-electron chi connectivity index (χ2n) is 5.97. The molecule has 2 saturated heterocycles. The lowest BCUT2D eigenvalue weighted by atomic mass is 9.99. The van der Waals surface area contributed by atoms with Crippen LogP contribution in [0, 0.1) is 0 Å². The van der Waals surface area contributed by atoms with Gasteiger partial charge in [0.05, 0.1) is 18.1 Å². The summed E-state index contributed by atoms with van der Waals surface area (Å²) in [4.78, 5) is 26.1. The summed E-state index contributed by atoms with van der Waals surface area (Å²) in [6.45, 7) is 0.877. The standard InChI is InChI=1S/C16H20ClN3O2/c1-20-14(21)9-13(19-16(22)12-3-2-8-18-12)15(20)10-4-6-11(17)7-5-10/h4-7,12-13,15,18H,2-3,8-9H2,1H3,(H,19,22). The monoisotopic (exact) mass is 321 g/mol. The molecule has 0 saturated carbocycles. The van der Waals surface area contributed by atoms with Gasteiger partial charge >= 0.3 is 0 Å². The van der Waals surface area contributed by atoms with Gasteiger partial charge in [-0.25, -0.2) is 0 Å². The zero-order valence-corrected chi connectivity index (χ0v) is 13.3. The molecule has 1 aromatic rings. The van der Waals surface area contributed by atoms with Gasteiger partial charge in [-0.15, -0.1) is 0 Å². The molecule has 2 amide bonds. The van der Waals surface area contributed by atoms with Crippen LogP contribution >= 0.6 is 11.6 Å².